The van der Waals surface area contributed by atoms with Crippen molar-refractivity contribution in [3.8, 4) is 0 Å². The van der Waals surface area contributed by atoms with Gasteiger partial charge >= 0.3 is 0 Å². The van der Waals surface area contributed by atoms with Crippen LogP contribution in [0.4, 0.5) is 0 Å². The van der Waals surface area contributed by atoms with Crippen molar-refractivity contribution in [3.05, 3.63) is 36.0 Å². The van der Waals surface area contributed by atoms with Gasteiger partial charge in [0.25, 0.3) is 0 Å². The summed E-state index contributed by atoms with van der Waals surface area (Å²) in [4.78, 5) is 82.7. The minimum absolute atomic E-state index is 0.0973. The molecular formula is C39H58N6O6S. The summed E-state index contributed by atoms with van der Waals surface area (Å²) < 4.78 is 1.86. The lowest BCUT2D eigenvalue weighted by Gasteiger charge is -2.39. The van der Waals surface area contributed by atoms with Crippen LogP contribution in [0, 0.1) is 5.92 Å². The Morgan fingerprint density at radius 2 is 1.69 bits per heavy atom. The van der Waals surface area contributed by atoms with Gasteiger partial charge in [0.15, 0.2) is 0 Å². The Morgan fingerprint density at radius 1 is 0.942 bits per heavy atom. The summed E-state index contributed by atoms with van der Waals surface area (Å²) in [5.41, 5.74) is 1.59. The number of rotatable bonds is 17. The van der Waals surface area contributed by atoms with E-state index in [9.17, 15) is 28.8 Å². The van der Waals surface area contributed by atoms with Crippen LogP contribution in [-0.4, -0.2) is 93.5 Å². The SMILES string of the molecule is CCSCCNC(=O)Cn1cc(CC2NC(=O)[C@H](CCCCCC(=O)CC)NC(=O)[C@H]3CCCCN3C(=O)[C@H](C(C)CC)NC2=O)c2ccccc21. The first-order valence-corrected chi connectivity index (χ1v) is 20.4. The number of piperidine rings is 1. The quantitative estimate of drug-likeness (QED) is 0.180. The summed E-state index contributed by atoms with van der Waals surface area (Å²) in [6, 6.07) is 4.04. The number of benzene rings is 1. The molecule has 0 spiro atoms. The standard InChI is InChI=1S/C39H58N6O6S/c1-5-26(4)35-39(51)45-21-14-13-19-33(45)38(50)41-30(17-10-8-9-15-28(46)6-2)36(48)42-31(37(49)43-35)23-27-24-44(32-18-12-11-16-29(27)32)25-34(47)40-20-22-52-7-3/h11-12,16,18,24,26,30-31,33,35H,5-10,13-15,17,19-23,25H2,1-4H3,(H,40,47)(H,41,50)(H,42,48)(H,43,49)/t26?,30-,31?,33+,35-/m0/s1. The second-order valence-corrected chi connectivity index (χ2v) is 15.5. The molecule has 13 heteroatoms. The number of carbonyl (C=O) groups is 6. The van der Waals surface area contributed by atoms with Gasteiger partial charge in [0, 0.05) is 55.2 Å². The molecule has 12 nitrogen and oxygen atoms in total. The van der Waals surface area contributed by atoms with Crippen molar-refractivity contribution in [2.75, 3.05) is 24.6 Å². The number of ketones is 1. The van der Waals surface area contributed by atoms with Gasteiger partial charge in [-0.3, -0.25) is 28.8 Å². The van der Waals surface area contributed by atoms with Crippen LogP contribution < -0.4 is 21.3 Å². The third-order valence-corrected chi connectivity index (χ3v) is 11.3. The Hall–Kier alpha value is -3.87. The monoisotopic (exact) mass is 738 g/mol. The predicted molar refractivity (Wildman–Crippen MR) is 205 cm³/mol. The van der Waals surface area contributed by atoms with E-state index in [-0.39, 0.29) is 42.4 Å². The number of thioether (sulfide) groups is 1. The fraction of sp³-hybridized carbons (Fsp3) is 0.641. The third-order valence-electron chi connectivity index (χ3n) is 10.4. The van der Waals surface area contributed by atoms with E-state index in [2.05, 4.69) is 28.2 Å². The molecular weight excluding hydrogens is 681 g/mol. The lowest BCUT2D eigenvalue weighted by atomic mass is 9.93. The molecule has 2 saturated heterocycles. The maximum absolute atomic E-state index is 14.3. The molecule has 286 valence electrons. The number of fused-ring (bicyclic) bond motifs is 2. The van der Waals surface area contributed by atoms with Crippen LogP contribution in [0.5, 0.6) is 0 Å². The Kier molecular flexibility index (Phi) is 16.0. The Labute approximate surface area is 312 Å². The number of hydrogen-bond donors (Lipinski definition) is 4. The zero-order chi connectivity index (χ0) is 37.6. The predicted octanol–water partition coefficient (Wildman–Crippen LogP) is 3.88. The highest BCUT2D eigenvalue weighted by atomic mass is 32.2. The van der Waals surface area contributed by atoms with Crippen molar-refractivity contribution in [3.63, 3.8) is 0 Å². The number of carbonyl (C=O) groups excluding carboxylic acids is 6. The number of aromatic nitrogens is 1. The first-order chi connectivity index (χ1) is 25.1. The molecule has 4 N–H and O–H groups in total. The van der Waals surface area contributed by atoms with Crippen LogP contribution in [0.3, 0.4) is 0 Å². The molecule has 0 radical (unpaired) electrons. The number of nitrogens with zero attached hydrogens (tertiary/aromatic N) is 2. The number of para-hydroxylation sites is 1. The van der Waals surface area contributed by atoms with E-state index in [1.165, 1.54) is 0 Å². The topological polar surface area (TPSA) is 159 Å². The second-order valence-electron chi connectivity index (χ2n) is 14.1. The van der Waals surface area contributed by atoms with Crippen molar-refractivity contribution in [1.29, 1.82) is 0 Å². The van der Waals surface area contributed by atoms with Gasteiger partial charge in [0.05, 0.1) is 0 Å². The van der Waals surface area contributed by atoms with Crippen LogP contribution >= 0.6 is 11.8 Å². The fourth-order valence-corrected chi connectivity index (χ4v) is 7.61. The van der Waals surface area contributed by atoms with Crippen LogP contribution in [-0.2, 0) is 41.7 Å². The molecule has 3 heterocycles. The summed E-state index contributed by atoms with van der Waals surface area (Å²) in [7, 11) is 0. The Morgan fingerprint density at radius 3 is 2.44 bits per heavy atom. The van der Waals surface area contributed by atoms with Gasteiger partial charge in [-0.25, -0.2) is 0 Å². The highest BCUT2D eigenvalue weighted by Crippen LogP contribution is 2.25. The van der Waals surface area contributed by atoms with E-state index in [1.807, 2.05) is 55.8 Å². The summed E-state index contributed by atoms with van der Waals surface area (Å²) >= 11 is 1.76. The third kappa shape index (κ3) is 11.1. The largest absolute Gasteiger partial charge is 0.354 e. The van der Waals surface area contributed by atoms with Crippen LogP contribution in [0.2, 0.25) is 0 Å². The number of nitrogens with one attached hydrogen (secondary N) is 4. The fourth-order valence-electron chi connectivity index (χ4n) is 7.08. The molecule has 0 aliphatic carbocycles. The van der Waals surface area contributed by atoms with Gasteiger partial charge in [-0.15, -0.1) is 0 Å². The molecule has 0 saturated carbocycles. The van der Waals surface area contributed by atoms with Gasteiger partial charge in [-0.05, 0) is 55.4 Å². The lowest BCUT2D eigenvalue weighted by molar-refractivity contribution is -0.147. The zero-order valence-electron chi connectivity index (χ0n) is 31.3. The molecule has 2 unspecified atom stereocenters. The molecule has 5 amide bonds. The highest BCUT2D eigenvalue weighted by Gasteiger charge is 2.41. The van der Waals surface area contributed by atoms with Crippen molar-refractivity contribution >= 4 is 58.0 Å². The normalized spacial score (nSPS) is 22.0. The molecule has 4 rings (SSSR count). The molecule has 5 atom stereocenters. The number of hydrogen-bond acceptors (Lipinski definition) is 7. The first-order valence-electron chi connectivity index (χ1n) is 19.2. The van der Waals surface area contributed by atoms with E-state index >= 15 is 0 Å². The summed E-state index contributed by atoms with van der Waals surface area (Å²) in [5, 5.41) is 12.7. The average molecular weight is 739 g/mol. The van der Waals surface area contributed by atoms with Gasteiger partial charge in [0.1, 0.15) is 36.5 Å². The average Bonchev–Trinajstić information content (AvgIpc) is 3.49. The number of amides is 5. The van der Waals surface area contributed by atoms with Crippen molar-refractivity contribution < 1.29 is 28.8 Å². The number of unbranched alkanes of at least 4 members (excludes halogenated alkanes) is 2. The van der Waals surface area contributed by atoms with Crippen LogP contribution in [0.15, 0.2) is 30.5 Å². The molecule has 52 heavy (non-hydrogen) atoms. The molecule has 0 bridgehead atoms. The van der Waals surface area contributed by atoms with Crippen LogP contribution in [0.25, 0.3) is 10.9 Å². The summed E-state index contributed by atoms with van der Waals surface area (Å²) in [6.07, 6.45) is 7.89. The maximum Gasteiger partial charge on any atom is 0.246 e. The van der Waals surface area contributed by atoms with Gasteiger partial charge in [0.2, 0.25) is 29.5 Å². The van der Waals surface area contributed by atoms with Gasteiger partial charge < -0.3 is 30.7 Å². The maximum atomic E-state index is 14.3. The highest BCUT2D eigenvalue weighted by molar-refractivity contribution is 7.99. The Balaban J connectivity index is 1.65. The van der Waals surface area contributed by atoms with E-state index < -0.39 is 36.0 Å². The second kappa shape index (κ2) is 20.4. The molecule has 1 aromatic heterocycles. The minimum atomic E-state index is -1.07. The van der Waals surface area contributed by atoms with Crippen molar-refractivity contribution in [2.45, 2.75) is 129 Å². The van der Waals surface area contributed by atoms with Crippen molar-refractivity contribution in [2.24, 2.45) is 5.92 Å². The van der Waals surface area contributed by atoms with Crippen LogP contribution in [0.1, 0.15) is 97.5 Å². The smallest absolute Gasteiger partial charge is 0.246 e. The van der Waals surface area contributed by atoms with Gasteiger partial charge in [-0.1, -0.05) is 65.2 Å². The van der Waals surface area contributed by atoms with E-state index in [1.54, 1.807) is 16.7 Å². The minimum Gasteiger partial charge on any atom is -0.354 e. The number of Topliss-reactive ketones (excluding diaryl/α,β-unsaturated/α-hetero) is 1. The summed E-state index contributed by atoms with van der Waals surface area (Å²) in [6.45, 7) is 8.85. The molecule has 2 aliphatic heterocycles. The first kappa shape index (κ1) is 40.9. The lowest BCUT2D eigenvalue weighted by Crippen LogP contribution is -2.64. The summed E-state index contributed by atoms with van der Waals surface area (Å²) in [5.74, 6) is 0.0563. The van der Waals surface area contributed by atoms with E-state index in [0.29, 0.717) is 64.5 Å². The zero-order valence-corrected chi connectivity index (χ0v) is 32.2. The Bertz CT molecular complexity index is 1560. The molecule has 2 aromatic rings. The van der Waals surface area contributed by atoms with E-state index in [0.717, 1.165) is 40.8 Å². The van der Waals surface area contributed by atoms with Gasteiger partial charge in [-0.2, -0.15) is 11.8 Å². The van der Waals surface area contributed by atoms with Crippen molar-refractivity contribution in [1.82, 2.24) is 30.7 Å². The molecule has 1 aromatic carbocycles. The molecule has 2 fully saturated rings. The molecule has 2 aliphatic rings. The van der Waals surface area contributed by atoms with E-state index in [4.69, 9.17) is 0 Å².